The number of methoxy groups -OCH3 is 1. The molecule has 12 nitrogen and oxygen atoms in total. The van der Waals surface area contributed by atoms with E-state index in [1.54, 1.807) is 6.92 Å². The zero-order valence-electron chi connectivity index (χ0n) is 21.2. The Labute approximate surface area is 222 Å². The standard InChI is InChI=1S/C27H29NO11/c1-10-22(28)13(30)6-17(38-10)39-15-8-27(36,16(31)9-29)7-12-19(15)26(35)21-20(24(12)33)23(32)11-4-3-5-14(37-2)18(11)25(21)34/h3-5,10,13,15,17,22,29-30,33,35-36H,6-9,28H2,1-2H3/t10-,13-,15-,17-,22+,27-/m0/s1. The van der Waals surface area contributed by atoms with Crippen LogP contribution in [0.5, 0.6) is 17.2 Å². The molecule has 39 heavy (non-hydrogen) atoms. The summed E-state index contributed by atoms with van der Waals surface area (Å²) in [5.41, 5.74) is 2.25. The number of hydrogen-bond acceptors (Lipinski definition) is 12. The molecule has 2 aromatic carbocycles. The SMILES string of the molecule is COc1cccc2c1C(=O)c1c(O)c3c(c(O)c1C2=O)C[C@@](O)(C(=O)CO)C[C@@H]3O[C@H]1C[C@H](O)[C@H](N)[C@H](C)O1. The molecule has 1 saturated heterocycles. The monoisotopic (exact) mass is 543 g/mol. The van der Waals surface area contributed by atoms with Crippen molar-refractivity contribution >= 4 is 17.3 Å². The number of rotatable bonds is 5. The van der Waals surface area contributed by atoms with Crippen molar-refractivity contribution in [1.29, 1.82) is 0 Å². The molecule has 3 aliphatic rings. The van der Waals surface area contributed by atoms with Crippen molar-refractivity contribution in [3.05, 3.63) is 51.6 Å². The molecule has 0 bridgehead atoms. The summed E-state index contributed by atoms with van der Waals surface area (Å²) in [6, 6.07) is 3.66. The van der Waals surface area contributed by atoms with E-state index in [1.807, 2.05) is 0 Å². The molecule has 12 heteroatoms. The van der Waals surface area contributed by atoms with Gasteiger partial charge in [-0.05, 0) is 13.0 Å². The van der Waals surface area contributed by atoms with E-state index in [1.165, 1.54) is 25.3 Å². The fourth-order valence-electron chi connectivity index (χ4n) is 5.72. The van der Waals surface area contributed by atoms with Crippen molar-refractivity contribution in [2.45, 2.75) is 62.4 Å². The van der Waals surface area contributed by atoms with Gasteiger partial charge >= 0.3 is 0 Å². The Bertz CT molecular complexity index is 1380. The quantitative estimate of drug-likeness (QED) is 0.235. The predicted molar refractivity (Wildman–Crippen MR) is 132 cm³/mol. The van der Waals surface area contributed by atoms with Gasteiger partial charge in [-0.2, -0.15) is 0 Å². The highest BCUT2D eigenvalue weighted by molar-refractivity contribution is 6.31. The minimum absolute atomic E-state index is 0.0540. The summed E-state index contributed by atoms with van der Waals surface area (Å²) in [6.07, 6.45) is -5.23. The fourth-order valence-corrected chi connectivity index (χ4v) is 5.72. The zero-order chi connectivity index (χ0) is 28.4. The number of Topliss-reactive ketones (excluding diaryl/α,β-unsaturated/α-hetero) is 1. The maximum atomic E-state index is 13.6. The Balaban J connectivity index is 1.69. The molecule has 1 aliphatic heterocycles. The topological polar surface area (TPSA) is 206 Å². The summed E-state index contributed by atoms with van der Waals surface area (Å²) < 4.78 is 17.0. The maximum Gasteiger partial charge on any atom is 0.202 e. The summed E-state index contributed by atoms with van der Waals surface area (Å²) in [5.74, 6) is -3.80. The lowest BCUT2D eigenvalue weighted by Gasteiger charge is -2.42. The van der Waals surface area contributed by atoms with Crippen LogP contribution in [0, 0.1) is 0 Å². The van der Waals surface area contributed by atoms with Crippen molar-refractivity contribution in [1.82, 2.24) is 0 Å². The predicted octanol–water partition coefficient (Wildman–Crippen LogP) is 0.00130. The van der Waals surface area contributed by atoms with Gasteiger partial charge in [0.2, 0.25) is 5.78 Å². The molecule has 0 amide bonds. The molecule has 1 fully saturated rings. The fraction of sp³-hybridized carbons (Fsp3) is 0.444. The smallest absolute Gasteiger partial charge is 0.202 e. The van der Waals surface area contributed by atoms with Gasteiger partial charge in [0, 0.05) is 36.0 Å². The average molecular weight is 544 g/mol. The Kier molecular flexibility index (Phi) is 6.74. The highest BCUT2D eigenvalue weighted by atomic mass is 16.7. The number of nitrogens with two attached hydrogens (primary N) is 1. The second kappa shape index (κ2) is 9.66. The summed E-state index contributed by atoms with van der Waals surface area (Å²) in [7, 11) is 1.32. The maximum absolute atomic E-state index is 13.6. The van der Waals surface area contributed by atoms with E-state index in [0.29, 0.717) is 0 Å². The zero-order valence-corrected chi connectivity index (χ0v) is 21.2. The number of ketones is 3. The first kappa shape index (κ1) is 27.2. The summed E-state index contributed by atoms with van der Waals surface area (Å²) in [5, 5.41) is 53.9. The van der Waals surface area contributed by atoms with Crippen molar-refractivity contribution in [3.8, 4) is 17.2 Å². The lowest BCUT2D eigenvalue weighted by atomic mass is 9.72. The van der Waals surface area contributed by atoms with Crippen molar-refractivity contribution in [2.75, 3.05) is 13.7 Å². The van der Waals surface area contributed by atoms with Crippen LogP contribution in [0.25, 0.3) is 0 Å². The first-order chi connectivity index (χ1) is 18.4. The number of fused-ring (bicyclic) bond motifs is 3. The van der Waals surface area contributed by atoms with Crippen LogP contribution in [-0.2, 0) is 20.7 Å². The third-order valence-corrected chi connectivity index (χ3v) is 7.84. The van der Waals surface area contributed by atoms with E-state index < -0.39 is 95.7 Å². The molecule has 2 aliphatic carbocycles. The van der Waals surface area contributed by atoms with Crippen LogP contribution in [0.3, 0.4) is 0 Å². The lowest BCUT2D eigenvalue weighted by Crippen LogP contribution is -2.53. The van der Waals surface area contributed by atoms with Gasteiger partial charge in [0.25, 0.3) is 0 Å². The molecule has 0 spiro atoms. The molecule has 7 N–H and O–H groups in total. The average Bonchev–Trinajstić information content (AvgIpc) is 2.90. The van der Waals surface area contributed by atoms with E-state index in [0.717, 1.165) is 0 Å². The lowest BCUT2D eigenvalue weighted by molar-refractivity contribution is -0.243. The minimum atomic E-state index is -2.25. The number of aliphatic hydroxyl groups excluding tert-OH is 2. The van der Waals surface area contributed by atoms with Gasteiger partial charge in [-0.3, -0.25) is 14.4 Å². The van der Waals surface area contributed by atoms with Crippen LogP contribution in [0.2, 0.25) is 0 Å². The van der Waals surface area contributed by atoms with Crippen LogP contribution >= 0.6 is 0 Å². The van der Waals surface area contributed by atoms with Gasteiger partial charge in [0.05, 0.1) is 48.2 Å². The van der Waals surface area contributed by atoms with Gasteiger partial charge in [0.1, 0.15) is 29.5 Å². The van der Waals surface area contributed by atoms with E-state index in [9.17, 15) is 39.9 Å². The van der Waals surface area contributed by atoms with Crippen molar-refractivity contribution in [2.24, 2.45) is 5.73 Å². The molecule has 0 aromatic heterocycles. The van der Waals surface area contributed by atoms with Gasteiger partial charge in [-0.15, -0.1) is 0 Å². The highest BCUT2D eigenvalue weighted by Gasteiger charge is 2.50. The third kappa shape index (κ3) is 4.11. The number of benzene rings is 2. The van der Waals surface area contributed by atoms with Crippen LogP contribution in [0.15, 0.2) is 18.2 Å². The molecule has 2 aromatic rings. The van der Waals surface area contributed by atoms with Crippen molar-refractivity contribution < 1.29 is 54.1 Å². The number of aliphatic hydroxyl groups is 3. The minimum Gasteiger partial charge on any atom is -0.507 e. The summed E-state index contributed by atoms with van der Waals surface area (Å²) in [4.78, 5) is 39.7. The number of phenols is 2. The molecular weight excluding hydrogens is 514 g/mol. The normalized spacial score (nSPS) is 29.8. The van der Waals surface area contributed by atoms with Crippen LogP contribution < -0.4 is 10.5 Å². The molecular formula is C27H29NO11. The highest BCUT2D eigenvalue weighted by Crippen LogP contribution is 2.52. The van der Waals surface area contributed by atoms with E-state index in [4.69, 9.17) is 19.9 Å². The molecule has 208 valence electrons. The number of ether oxygens (including phenoxy) is 3. The molecule has 0 saturated carbocycles. The Morgan fingerprint density at radius 1 is 1.15 bits per heavy atom. The molecule has 6 atom stereocenters. The third-order valence-electron chi connectivity index (χ3n) is 7.84. The Morgan fingerprint density at radius 3 is 2.49 bits per heavy atom. The molecule has 1 heterocycles. The largest absolute Gasteiger partial charge is 0.507 e. The van der Waals surface area contributed by atoms with Crippen LogP contribution in [-0.4, -0.2) is 86.7 Å². The van der Waals surface area contributed by atoms with Crippen LogP contribution in [0.4, 0.5) is 0 Å². The first-order valence-electron chi connectivity index (χ1n) is 12.4. The molecule has 0 unspecified atom stereocenters. The summed E-state index contributed by atoms with van der Waals surface area (Å²) in [6.45, 7) is 0.601. The van der Waals surface area contributed by atoms with Gasteiger partial charge in [-0.1, -0.05) is 12.1 Å². The van der Waals surface area contributed by atoms with Crippen LogP contribution in [0.1, 0.15) is 68.8 Å². The first-order valence-corrected chi connectivity index (χ1v) is 12.4. The number of carbonyl (C=O) groups is 3. The molecule has 5 rings (SSSR count). The summed E-state index contributed by atoms with van der Waals surface area (Å²) >= 11 is 0. The van der Waals surface area contributed by atoms with Crippen molar-refractivity contribution in [3.63, 3.8) is 0 Å². The second-order valence-electron chi connectivity index (χ2n) is 10.2. The van der Waals surface area contributed by atoms with E-state index >= 15 is 0 Å². The van der Waals surface area contributed by atoms with Gasteiger partial charge < -0.3 is 45.5 Å². The number of aromatic hydroxyl groups is 2. The number of carbonyl (C=O) groups excluding carboxylic acids is 3. The van der Waals surface area contributed by atoms with Gasteiger partial charge in [-0.25, -0.2) is 0 Å². The van der Waals surface area contributed by atoms with E-state index in [-0.39, 0.29) is 34.4 Å². The van der Waals surface area contributed by atoms with E-state index in [2.05, 4.69) is 0 Å². The molecule has 0 radical (unpaired) electrons. The van der Waals surface area contributed by atoms with Gasteiger partial charge in [0.15, 0.2) is 17.9 Å². The number of phenolic OH excluding ortho intramolecular Hbond substituents is 2. The Hall–Kier alpha value is -3.39. The Morgan fingerprint density at radius 2 is 1.85 bits per heavy atom. The number of hydrogen-bond donors (Lipinski definition) is 6. The second-order valence-corrected chi connectivity index (χ2v) is 10.2.